The number of halogens is 2. The van der Waals surface area contributed by atoms with Crippen molar-refractivity contribution in [2.45, 2.75) is 19.6 Å². The number of carbonyl (C=O) groups excluding carboxylic acids is 2. The van der Waals surface area contributed by atoms with Crippen molar-refractivity contribution in [1.29, 1.82) is 0 Å². The number of carbonyl (C=O) groups is 2. The fourth-order valence-electron chi connectivity index (χ4n) is 2.49. The second-order valence-corrected chi connectivity index (χ2v) is 7.53. The molecule has 6 nitrogen and oxygen atoms in total. The van der Waals surface area contributed by atoms with Gasteiger partial charge in [0.15, 0.2) is 0 Å². The first-order chi connectivity index (χ1) is 14.9. The Morgan fingerprint density at radius 1 is 1.06 bits per heavy atom. The lowest BCUT2D eigenvalue weighted by Gasteiger charge is -2.17. The lowest BCUT2D eigenvalue weighted by Crippen LogP contribution is -2.33. The number of aliphatic imine (C=N–C) groups is 1. The molecule has 166 valence electrons. The van der Waals surface area contributed by atoms with Crippen molar-refractivity contribution in [3.05, 3.63) is 58.9 Å². The number of thioether (sulfide) groups is 1. The zero-order valence-corrected chi connectivity index (χ0v) is 19.0. The van der Waals surface area contributed by atoms with Gasteiger partial charge in [-0.2, -0.15) is 0 Å². The highest BCUT2D eigenvalue weighted by atomic mass is 35.5. The van der Waals surface area contributed by atoms with E-state index in [4.69, 9.17) is 25.8 Å². The molecule has 0 heterocycles. The molecule has 2 aromatic carbocycles. The van der Waals surface area contributed by atoms with Crippen molar-refractivity contribution in [2.75, 3.05) is 20.3 Å². The molecule has 0 aromatic heterocycles. The van der Waals surface area contributed by atoms with Crippen LogP contribution in [0.2, 0.25) is 5.02 Å². The molecule has 0 bridgehead atoms. The largest absolute Gasteiger partial charge is 0.497 e. The van der Waals surface area contributed by atoms with Crippen molar-refractivity contribution < 1.29 is 28.2 Å². The summed E-state index contributed by atoms with van der Waals surface area (Å²) in [5.41, 5.74) is 1.21. The molecule has 0 fully saturated rings. The number of ether oxygens (including phenoxy) is 3. The summed E-state index contributed by atoms with van der Waals surface area (Å²) in [5.74, 6) is -2.38. The number of nitrogens with zero attached hydrogens (tertiary/aromatic N) is 1. The topological polar surface area (TPSA) is 74.2 Å². The van der Waals surface area contributed by atoms with E-state index in [9.17, 15) is 14.0 Å². The van der Waals surface area contributed by atoms with Crippen molar-refractivity contribution in [1.82, 2.24) is 0 Å². The molecule has 0 atom stereocenters. The SMILES string of the molecule is CCOC(=O)C(C(=O)OCC)C(=Nc1ccc(F)c(Cl)c1)SCc1ccc(OC)cc1. The Balaban J connectivity index is 2.41. The van der Waals surface area contributed by atoms with E-state index in [-0.39, 0.29) is 23.3 Å². The van der Waals surface area contributed by atoms with E-state index in [1.807, 2.05) is 12.1 Å². The number of benzene rings is 2. The molecule has 0 spiro atoms. The van der Waals surface area contributed by atoms with Gasteiger partial charge in [0.2, 0.25) is 5.92 Å². The normalized spacial score (nSPS) is 11.4. The second-order valence-electron chi connectivity index (χ2n) is 6.12. The van der Waals surface area contributed by atoms with E-state index in [1.54, 1.807) is 33.1 Å². The van der Waals surface area contributed by atoms with Crippen molar-refractivity contribution in [3.63, 3.8) is 0 Å². The van der Waals surface area contributed by atoms with E-state index in [1.165, 1.54) is 23.9 Å². The monoisotopic (exact) mass is 467 g/mol. The van der Waals surface area contributed by atoms with Gasteiger partial charge in [-0.1, -0.05) is 23.7 Å². The van der Waals surface area contributed by atoms with E-state index in [0.717, 1.165) is 11.6 Å². The first-order valence-corrected chi connectivity index (χ1v) is 10.9. The molecule has 9 heteroatoms. The van der Waals surface area contributed by atoms with Gasteiger partial charge < -0.3 is 14.2 Å². The molecular weight excluding hydrogens is 445 g/mol. The molecule has 0 unspecified atom stereocenters. The average Bonchev–Trinajstić information content (AvgIpc) is 2.75. The number of rotatable bonds is 9. The lowest BCUT2D eigenvalue weighted by atomic mass is 10.1. The summed E-state index contributed by atoms with van der Waals surface area (Å²) in [6.07, 6.45) is 0. The van der Waals surface area contributed by atoms with Gasteiger partial charge in [-0.25, -0.2) is 9.38 Å². The van der Waals surface area contributed by atoms with Crippen LogP contribution < -0.4 is 4.74 Å². The maximum Gasteiger partial charge on any atom is 0.327 e. The van der Waals surface area contributed by atoms with Crippen LogP contribution >= 0.6 is 23.4 Å². The quantitative estimate of drug-likeness (QED) is 0.218. The number of hydrogen-bond acceptors (Lipinski definition) is 7. The summed E-state index contributed by atoms with van der Waals surface area (Å²) >= 11 is 7.04. The maximum atomic E-state index is 13.5. The summed E-state index contributed by atoms with van der Waals surface area (Å²) in [7, 11) is 1.58. The molecule has 0 saturated carbocycles. The molecule has 0 saturated heterocycles. The van der Waals surface area contributed by atoms with E-state index >= 15 is 0 Å². The van der Waals surface area contributed by atoms with Crippen LogP contribution in [0.5, 0.6) is 5.75 Å². The summed E-state index contributed by atoms with van der Waals surface area (Å²) in [5, 5.41) is 0.0416. The highest BCUT2D eigenvalue weighted by Gasteiger charge is 2.35. The van der Waals surface area contributed by atoms with Crippen LogP contribution in [0.25, 0.3) is 0 Å². The lowest BCUT2D eigenvalue weighted by molar-refractivity contribution is -0.157. The molecule has 2 rings (SSSR count). The Hall–Kier alpha value is -2.58. The Morgan fingerprint density at radius 2 is 1.68 bits per heavy atom. The predicted molar refractivity (Wildman–Crippen MR) is 120 cm³/mol. The van der Waals surface area contributed by atoms with Crippen molar-refractivity contribution >= 4 is 46.0 Å². The van der Waals surface area contributed by atoms with Crippen LogP contribution in [0.4, 0.5) is 10.1 Å². The number of hydrogen-bond donors (Lipinski definition) is 0. The minimum absolute atomic E-state index is 0.0908. The van der Waals surface area contributed by atoms with Crippen LogP contribution in [0.3, 0.4) is 0 Å². The van der Waals surface area contributed by atoms with Crippen LogP contribution in [0.15, 0.2) is 47.5 Å². The Kier molecular flexibility index (Phi) is 9.81. The van der Waals surface area contributed by atoms with Gasteiger partial charge >= 0.3 is 11.9 Å². The van der Waals surface area contributed by atoms with Crippen LogP contribution in [-0.2, 0) is 24.8 Å². The summed E-state index contributed by atoms with van der Waals surface area (Å²) < 4.78 is 28.9. The molecule has 0 amide bonds. The van der Waals surface area contributed by atoms with Gasteiger partial charge in [0.05, 0.1) is 36.1 Å². The van der Waals surface area contributed by atoms with E-state index in [0.29, 0.717) is 17.2 Å². The third-order valence-electron chi connectivity index (χ3n) is 3.98. The highest BCUT2D eigenvalue weighted by Crippen LogP contribution is 2.28. The van der Waals surface area contributed by atoms with Gasteiger partial charge in [0, 0.05) is 5.75 Å². The third kappa shape index (κ3) is 7.25. The summed E-state index contributed by atoms with van der Waals surface area (Å²) in [6.45, 7) is 3.46. The minimum Gasteiger partial charge on any atom is -0.497 e. The van der Waals surface area contributed by atoms with Crippen LogP contribution in [-0.4, -0.2) is 37.3 Å². The van der Waals surface area contributed by atoms with Crippen molar-refractivity contribution in [3.8, 4) is 5.75 Å². The van der Waals surface area contributed by atoms with Gasteiger partial charge in [0.25, 0.3) is 0 Å². The molecule has 0 N–H and O–H groups in total. The van der Waals surface area contributed by atoms with Gasteiger partial charge in [-0.15, -0.1) is 11.8 Å². The molecule has 0 aliphatic carbocycles. The zero-order chi connectivity index (χ0) is 22.8. The van der Waals surface area contributed by atoms with Crippen LogP contribution in [0.1, 0.15) is 19.4 Å². The van der Waals surface area contributed by atoms with Crippen molar-refractivity contribution in [2.24, 2.45) is 10.9 Å². The smallest absolute Gasteiger partial charge is 0.327 e. The van der Waals surface area contributed by atoms with Crippen LogP contribution in [0, 0.1) is 11.7 Å². The Labute approximate surface area is 189 Å². The summed E-state index contributed by atoms with van der Waals surface area (Å²) in [6, 6.07) is 11.2. The third-order valence-corrected chi connectivity index (χ3v) is 5.37. The van der Waals surface area contributed by atoms with Gasteiger partial charge in [-0.05, 0) is 49.7 Å². The standard InChI is InChI=1S/C22H23ClFNO5S/c1-4-29-21(26)19(22(27)30-5-2)20(25-15-8-11-18(24)17(23)12-15)31-13-14-6-9-16(28-3)10-7-14/h6-12,19H,4-5,13H2,1-3H3. The Bertz CT molecular complexity index is 918. The predicted octanol–water partition coefficient (Wildman–Crippen LogP) is 5.19. The van der Waals surface area contributed by atoms with Gasteiger partial charge in [0.1, 0.15) is 11.6 Å². The maximum absolute atomic E-state index is 13.5. The van der Waals surface area contributed by atoms with E-state index < -0.39 is 23.7 Å². The molecular formula is C22H23ClFNO5S. The molecule has 2 aromatic rings. The fourth-order valence-corrected chi connectivity index (χ4v) is 3.70. The zero-order valence-electron chi connectivity index (χ0n) is 17.4. The Morgan fingerprint density at radius 3 is 2.19 bits per heavy atom. The van der Waals surface area contributed by atoms with Gasteiger partial charge in [-0.3, -0.25) is 9.59 Å². The summed E-state index contributed by atoms with van der Waals surface area (Å²) in [4.78, 5) is 29.6. The number of esters is 2. The first-order valence-electron chi connectivity index (χ1n) is 9.52. The fraction of sp³-hybridized carbons (Fsp3) is 0.318. The minimum atomic E-state index is -1.37. The molecule has 0 aliphatic heterocycles. The van der Waals surface area contributed by atoms with E-state index in [2.05, 4.69) is 4.99 Å². The first kappa shape index (κ1) is 24.7. The average molecular weight is 468 g/mol. The molecule has 31 heavy (non-hydrogen) atoms. The molecule has 0 aliphatic rings. The number of methoxy groups -OCH3 is 1. The molecule has 0 radical (unpaired) electrons. The highest BCUT2D eigenvalue weighted by molar-refractivity contribution is 8.13. The second kappa shape index (κ2) is 12.3.